The lowest BCUT2D eigenvalue weighted by atomic mass is 10.3. The average Bonchev–Trinajstić information content (AvgIpc) is 2.37. The summed E-state index contributed by atoms with van der Waals surface area (Å²) in [6.07, 6.45) is 0.423. The SMILES string of the molecule is CN(CCCC(=O)O)C(=O)N(C)c1ccc(F)cc1. The van der Waals surface area contributed by atoms with Crippen molar-refractivity contribution in [3.63, 3.8) is 0 Å². The van der Waals surface area contributed by atoms with Gasteiger partial charge in [0.1, 0.15) is 5.82 Å². The van der Waals surface area contributed by atoms with Crippen molar-refractivity contribution in [2.75, 3.05) is 25.5 Å². The van der Waals surface area contributed by atoms with Gasteiger partial charge < -0.3 is 10.0 Å². The van der Waals surface area contributed by atoms with E-state index in [2.05, 4.69) is 0 Å². The molecule has 0 aliphatic rings. The molecule has 0 radical (unpaired) electrons. The lowest BCUT2D eigenvalue weighted by Gasteiger charge is -2.24. The van der Waals surface area contributed by atoms with Crippen LogP contribution in [0.5, 0.6) is 0 Å². The molecule has 19 heavy (non-hydrogen) atoms. The molecule has 1 aromatic rings. The number of hydrogen-bond donors (Lipinski definition) is 1. The van der Waals surface area contributed by atoms with E-state index in [-0.39, 0.29) is 18.3 Å². The predicted octanol–water partition coefficient (Wildman–Crippen LogP) is 2.18. The highest BCUT2D eigenvalue weighted by molar-refractivity contribution is 5.91. The highest BCUT2D eigenvalue weighted by Crippen LogP contribution is 2.14. The lowest BCUT2D eigenvalue weighted by Crippen LogP contribution is -2.39. The van der Waals surface area contributed by atoms with Crippen LogP contribution in [0.25, 0.3) is 0 Å². The Morgan fingerprint density at radius 3 is 2.32 bits per heavy atom. The van der Waals surface area contributed by atoms with Crippen LogP contribution < -0.4 is 4.90 Å². The number of carboxylic acid groups (broad SMARTS) is 1. The molecule has 0 fully saturated rings. The molecule has 1 aromatic carbocycles. The van der Waals surface area contributed by atoms with Crippen LogP contribution in [0.1, 0.15) is 12.8 Å². The molecule has 0 saturated heterocycles. The topological polar surface area (TPSA) is 60.9 Å². The van der Waals surface area contributed by atoms with Crippen molar-refractivity contribution in [2.45, 2.75) is 12.8 Å². The van der Waals surface area contributed by atoms with Gasteiger partial charge in [-0.1, -0.05) is 0 Å². The third kappa shape index (κ3) is 4.57. The Labute approximate surface area is 111 Å². The number of benzene rings is 1. The molecule has 0 atom stereocenters. The van der Waals surface area contributed by atoms with Crippen molar-refractivity contribution >= 4 is 17.7 Å². The number of carbonyl (C=O) groups is 2. The summed E-state index contributed by atoms with van der Waals surface area (Å²) in [7, 11) is 3.19. The number of nitrogens with zero attached hydrogens (tertiary/aromatic N) is 2. The number of hydrogen-bond acceptors (Lipinski definition) is 2. The fourth-order valence-electron chi connectivity index (χ4n) is 1.59. The van der Waals surface area contributed by atoms with Crippen LogP contribution in [0.2, 0.25) is 0 Å². The van der Waals surface area contributed by atoms with E-state index in [1.54, 1.807) is 14.1 Å². The van der Waals surface area contributed by atoms with Crippen LogP contribution >= 0.6 is 0 Å². The Balaban J connectivity index is 2.56. The van der Waals surface area contributed by atoms with Crippen molar-refractivity contribution in [3.05, 3.63) is 30.1 Å². The summed E-state index contributed by atoms with van der Waals surface area (Å²) in [5, 5.41) is 8.53. The lowest BCUT2D eigenvalue weighted by molar-refractivity contribution is -0.137. The van der Waals surface area contributed by atoms with E-state index in [0.29, 0.717) is 18.7 Å². The normalized spacial score (nSPS) is 10.1. The zero-order chi connectivity index (χ0) is 14.4. The van der Waals surface area contributed by atoms with Crippen molar-refractivity contribution in [1.82, 2.24) is 4.90 Å². The number of aliphatic carboxylic acids is 1. The van der Waals surface area contributed by atoms with Crippen LogP contribution in [-0.4, -0.2) is 42.6 Å². The molecule has 0 saturated carbocycles. The molecule has 1 N–H and O–H groups in total. The predicted molar refractivity (Wildman–Crippen MR) is 69.7 cm³/mol. The van der Waals surface area contributed by atoms with Gasteiger partial charge in [-0.15, -0.1) is 0 Å². The van der Waals surface area contributed by atoms with E-state index in [1.807, 2.05) is 0 Å². The Bertz CT molecular complexity index is 448. The highest BCUT2D eigenvalue weighted by atomic mass is 19.1. The van der Waals surface area contributed by atoms with Gasteiger partial charge in [-0.2, -0.15) is 0 Å². The Morgan fingerprint density at radius 1 is 1.21 bits per heavy atom. The number of anilines is 1. The highest BCUT2D eigenvalue weighted by Gasteiger charge is 2.15. The van der Waals surface area contributed by atoms with Gasteiger partial charge in [0, 0.05) is 32.7 Å². The molecule has 0 unspecified atom stereocenters. The van der Waals surface area contributed by atoms with Crippen molar-refractivity contribution < 1.29 is 19.1 Å². The van der Waals surface area contributed by atoms with Gasteiger partial charge in [-0.25, -0.2) is 9.18 Å². The number of carboxylic acids is 1. The van der Waals surface area contributed by atoms with Gasteiger partial charge >= 0.3 is 12.0 Å². The smallest absolute Gasteiger partial charge is 0.323 e. The monoisotopic (exact) mass is 268 g/mol. The first-order valence-corrected chi connectivity index (χ1v) is 5.88. The van der Waals surface area contributed by atoms with Crippen LogP contribution in [0.3, 0.4) is 0 Å². The molecule has 0 bridgehead atoms. The van der Waals surface area contributed by atoms with Crippen LogP contribution in [0.4, 0.5) is 14.9 Å². The third-order valence-electron chi connectivity index (χ3n) is 2.71. The molecule has 5 nitrogen and oxygen atoms in total. The third-order valence-corrected chi connectivity index (χ3v) is 2.71. The number of amides is 2. The van der Waals surface area contributed by atoms with Crippen LogP contribution in [-0.2, 0) is 4.79 Å². The van der Waals surface area contributed by atoms with Gasteiger partial charge in [0.25, 0.3) is 0 Å². The zero-order valence-electron chi connectivity index (χ0n) is 11.0. The molecular formula is C13H17FN2O3. The Hall–Kier alpha value is -2.11. The number of carbonyl (C=O) groups excluding carboxylic acids is 1. The van der Waals surface area contributed by atoms with Gasteiger partial charge in [-0.05, 0) is 30.7 Å². The number of rotatable bonds is 5. The molecule has 1 rings (SSSR count). The standard InChI is InChI=1S/C13H17FN2O3/c1-15(9-3-4-12(17)18)13(19)16(2)11-7-5-10(14)6-8-11/h5-8H,3-4,9H2,1-2H3,(H,17,18). The molecule has 2 amide bonds. The second-order valence-corrected chi connectivity index (χ2v) is 4.24. The fraction of sp³-hybridized carbons (Fsp3) is 0.385. The first-order chi connectivity index (χ1) is 8.91. The molecule has 0 aliphatic heterocycles. The van der Waals surface area contributed by atoms with E-state index < -0.39 is 5.97 Å². The summed E-state index contributed by atoms with van der Waals surface area (Å²) in [4.78, 5) is 25.2. The summed E-state index contributed by atoms with van der Waals surface area (Å²) in [5.74, 6) is -1.24. The summed E-state index contributed by atoms with van der Waals surface area (Å²) in [6, 6.07) is 5.32. The Kier molecular flexibility index (Phi) is 5.29. The van der Waals surface area contributed by atoms with E-state index in [1.165, 1.54) is 34.1 Å². The number of halogens is 1. The second-order valence-electron chi connectivity index (χ2n) is 4.24. The van der Waals surface area contributed by atoms with Gasteiger partial charge in [0.05, 0.1) is 0 Å². The van der Waals surface area contributed by atoms with Gasteiger partial charge in [0.15, 0.2) is 0 Å². The minimum Gasteiger partial charge on any atom is -0.481 e. The van der Waals surface area contributed by atoms with Crippen molar-refractivity contribution in [2.24, 2.45) is 0 Å². The molecule has 0 spiro atoms. The van der Waals surface area contributed by atoms with Gasteiger partial charge in [-0.3, -0.25) is 9.69 Å². The maximum absolute atomic E-state index is 12.8. The van der Waals surface area contributed by atoms with Crippen molar-refractivity contribution in [3.8, 4) is 0 Å². The van der Waals surface area contributed by atoms with E-state index in [0.717, 1.165) is 0 Å². The maximum Gasteiger partial charge on any atom is 0.323 e. The first-order valence-electron chi connectivity index (χ1n) is 5.88. The summed E-state index contributed by atoms with van der Waals surface area (Å²) in [6.45, 7) is 0.358. The van der Waals surface area contributed by atoms with E-state index >= 15 is 0 Å². The molecule has 6 heteroatoms. The minimum atomic E-state index is -0.882. The quantitative estimate of drug-likeness (QED) is 0.890. The van der Waals surface area contributed by atoms with Crippen LogP contribution in [0, 0.1) is 5.82 Å². The summed E-state index contributed by atoms with van der Waals surface area (Å²) >= 11 is 0. The maximum atomic E-state index is 12.8. The summed E-state index contributed by atoms with van der Waals surface area (Å²) < 4.78 is 12.8. The first kappa shape index (κ1) is 14.9. The molecule has 0 heterocycles. The van der Waals surface area contributed by atoms with E-state index in [9.17, 15) is 14.0 Å². The molecule has 0 aliphatic carbocycles. The summed E-state index contributed by atoms with van der Waals surface area (Å²) in [5.41, 5.74) is 0.580. The van der Waals surface area contributed by atoms with Crippen LogP contribution in [0.15, 0.2) is 24.3 Å². The molecule has 104 valence electrons. The fourth-order valence-corrected chi connectivity index (χ4v) is 1.59. The van der Waals surface area contributed by atoms with Crippen molar-refractivity contribution in [1.29, 1.82) is 0 Å². The molecular weight excluding hydrogens is 251 g/mol. The molecule has 0 aromatic heterocycles. The Morgan fingerprint density at radius 2 is 1.79 bits per heavy atom. The van der Waals surface area contributed by atoms with Gasteiger partial charge in [0.2, 0.25) is 0 Å². The minimum absolute atomic E-state index is 0.0257. The number of urea groups is 1. The zero-order valence-corrected chi connectivity index (χ0v) is 11.0. The second kappa shape index (κ2) is 6.72. The van der Waals surface area contributed by atoms with E-state index in [4.69, 9.17) is 5.11 Å². The average molecular weight is 268 g/mol. The largest absolute Gasteiger partial charge is 0.481 e.